The first-order chi connectivity index (χ1) is 17.4. The predicted octanol–water partition coefficient (Wildman–Crippen LogP) is 1.49. The van der Waals surface area contributed by atoms with Gasteiger partial charge in [-0.25, -0.2) is 4.79 Å². The number of amidine groups is 1. The fourth-order valence-electron chi connectivity index (χ4n) is 4.54. The van der Waals surface area contributed by atoms with Crippen molar-refractivity contribution in [3.05, 3.63) is 65.7 Å². The van der Waals surface area contributed by atoms with Crippen molar-refractivity contribution in [1.82, 2.24) is 15.3 Å². The Kier molecular flexibility index (Phi) is 6.87. The number of fused-ring (bicyclic) bond motifs is 1. The summed E-state index contributed by atoms with van der Waals surface area (Å²) in [7, 11) is 0. The summed E-state index contributed by atoms with van der Waals surface area (Å²) in [6.07, 6.45) is 0. The molecule has 4 rings (SSSR count). The summed E-state index contributed by atoms with van der Waals surface area (Å²) < 4.78 is -0.749. The molecule has 3 amide bonds. The highest BCUT2D eigenvalue weighted by Crippen LogP contribution is 2.50. The minimum Gasteiger partial charge on any atom is -0.480 e. The van der Waals surface area contributed by atoms with Crippen molar-refractivity contribution in [2.24, 2.45) is 5.73 Å². The summed E-state index contributed by atoms with van der Waals surface area (Å²) in [5.74, 6) is -2.87. The second-order valence-corrected chi connectivity index (χ2v) is 11.0. The Hall–Kier alpha value is -4.06. The van der Waals surface area contributed by atoms with Crippen molar-refractivity contribution in [3.8, 4) is 5.75 Å². The lowest BCUT2D eigenvalue weighted by molar-refractivity contribution is -0.172. The summed E-state index contributed by atoms with van der Waals surface area (Å²) in [6, 6.07) is 11.4. The molecule has 0 radical (unpaired) electrons. The number of rotatable bonds is 8. The number of nitrogens with one attached hydrogen (secondary N) is 2. The maximum absolute atomic E-state index is 13.6. The van der Waals surface area contributed by atoms with Crippen LogP contribution in [0.1, 0.15) is 37.9 Å². The van der Waals surface area contributed by atoms with E-state index in [0.29, 0.717) is 11.1 Å². The molecule has 11 nitrogen and oxygen atoms in total. The van der Waals surface area contributed by atoms with Gasteiger partial charge in [-0.05, 0) is 31.5 Å². The van der Waals surface area contributed by atoms with Crippen LogP contribution in [0.25, 0.3) is 0 Å². The van der Waals surface area contributed by atoms with Crippen LogP contribution in [0.15, 0.2) is 54.6 Å². The lowest BCUT2D eigenvalue weighted by Crippen LogP contribution is -2.71. The second kappa shape index (κ2) is 9.77. The lowest BCUT2D eigenvalue weighted by atomic mass is 9.95. The number of aliphatic carboxylic acids is 1. The quantitative estimate of drug-likeness (QED) is 0.174. The Bertz CT molecular complexity index is 1270. The third-order valence-electron chi connectivity index (χ3n) is 6.23. The van der Waals surface area contributed by atoms with Crippen LogP contribution in [-0.4, -0.2) is 66.8 Å². The molecule has 2 unspecified atom stereocenters. The summed E-state index contributed by atoms with van der Waals surface area (Å²) in [6.45, 7) is 4.73. The van der Waals surface area contributed by atoms with Crippen molar-refractivity contribution in [3.63, 3.8) is 0 Å². The van der Waals surface area contributed by atoms with E-state index < -0.39 is 51.9 Å². The van der Waals surface area contributed by atoms with E-state index in [9.17, 15) is 24.3 Å². The third kappa shape index (κ3) is 4.84. The summed E-state index contributed by atoms with van der Waals surface area (Å²) in [5, 5.41) is 20.3. The van der Waals surface area contributed by atoms with Gasteiger partial charge in [0.05, 0.1) is 0 Å². The number of amides is 3. The molecule has 37 heavy (non-hydrogen) atoms. The number of nitrogens with zero attached hydrogens (tertiary/aromatic N) is 2. The van der Waals surface area contributed by atoms with Gasteiger partial charge in [0, 0.05) is 17.2 Å². The van der Waals surface area contributed by atoms with Crippen LogP contribution < -0.4 is 15.9 Å². The number of carboxylic acids is 1. The van der Waals surface area contributed by atoms with Crippen LogP contribution in [0.4, 0.5) is 0 Å². The van der Waals surface area contributed by atoms with Crippen LogP contribution in [0, 0.1) is 5.41 Å². The molecule has 2 heterocycles. The zero-order valence-electron chi connectivity index (χ0n) is 20.4. The molecule has 2 aromatic carbocycles. The maximum atomic E-state index is 13.6. The van der Waals surface area contributed by atoms with Crippen LogP contribution in [0.5, 0.6) is 5.75 Å². The number of carboxylic acid groups (broad SMARTS) is 1. The molecule has 0 saturated carbocycles. The largest absolute Gasteiger partial charge is 0.480 e. The van der Waals surface area contributed by atoms with Gasteiger partial charge in [0.1, 0.15) is 23.3 Å². The number of carbonyl (C=O) groups excluding carboxylic acids is 3. The molecule has 12 heteroatoms. The van der Waals surface area contributed by atoms with Gasteiger partial charge in [-0.2, -0.15) is 5.06 Å². The zero-order chi connectivity index (χ0) is 27.1. The fourth-order valence-corrected chi connectivity index (χ4v) is 6.16. The topological polar surface area (TPSA) is 166 Å². The van der Waals surface area contributed by atoms with E-state index in [4.69, 9.17) is 16.0 Å². The second-order valence-electron chi connectivity index (χ2n) is 9.28. The molecular weight excluding hydrogens is 498 g/mol. The normalized spacial score (nSPS) is 22.3. The van der Waals surface area contributed by atoms with Gasteiger partial charge in [0.15, 0.2) is 11.8 Å². The van der Waals surface area contributed by atoms with Crippen molar-refractivity contribution in [2.45, 2.75) is 49.0 Å². The Morgan fingerprint density at radius 3 is 2.46 bits per heavy atom. The number of hydrogen-bond acceptors (Lipinski definition) is 7. The molecule has 0 bridgehead atoms. The van der Waals surface area contributed by atoms with E-state index in [1.807, 2.05) is 0 Å². The number of carbonyl (C=O) groups is 4. The van der Waals surface area contributed by atoms with Gasteiger partial charge in [0.2, 0.25) is 5.91 Å². The van der Waals surface area contributed by atoms with Gasteiger partial charge in [-0.3, -0.25) is 19.8 Å². The van der Waals surface area contributed by atoms with Gasteiger partial charge < -0.3 is 25.9 Å². The highest BCUT2D eigenvalue weighted by Gasteiger charge is 2.64. The zero-order valence-corrected chi connectivity index (χ0v) is 21.2. The average molecular weight is 526 g/mol. The molecular formula is C25H27N5O6S. The third-order valence-corrected chi connectivity index (χ3v) is 7.80. The van der Waals surface area contributed by atoms with Crippen LogP contribution in [0.2, 0.25) is 0 Å². The predicted molar refractivity (Wildman–Crippen MR) is 135 cm³/mol. The number of hydroxylamine groups is 2. The average Bonchev–Trinajstić information content (AvgIpc) is 3.10. The van der Waals surface area contributed by atoms with Crippen molar-refractivity contribution >= 4 is 41.3 Å². The Morgan fingerprint density at radius 2 is 1.86 bits per heavy atom. The number of nitrogen functional groups attached to an aromatic ring is 1. The smallest absolute Gasteiger partial charge is 0.327 e. The summed E-state index contributed by atoms with van der Waals surface area (Å²) in [5.41, 5.74) is 6.37. The minimum atomic E-state index is -1.27. The van der Waals surface area contributed by atoms with Gasteiger partial charge >= 0.3 is 5.97 Å². The lowest BCUT2D eigenvalue weighted by Gasteiger charge is -2.44. The molecule has 0 spiro atoms. The molecule has 194 valence electrons. The van der Waals surface area contributed by atoms with Crippen molar-refractivity contribution < 1.29 is 29.1 Å². The Labute approximate surface area is 217 Å². The number of benzene rings is 2. The van der Waals surface area contributed by atoms with Crippen LogP contribution in [0.3, 0.4) is 0 Å². The van der Waals surface area contributed by atoms with E-state index in [-0.39, 0.29) is 11.6 Å². The van der Waals surface area contributed by atoms with Crippen molar-refractivity contribution in [2.75, 3.05) is 0 Å². The standard InChI is InChI=1S/C25H27N5O6S/c1-13(31)30(36-16-11-7-10-15(12-16)20(26)27)18(14-8-5-4-6-9-14)21(32)28-17-22(33)29-19(24(34)35)25(2,3)37-23(17)29/h4-12,17-19,23H,1-3H3,(H3,26,27)(H,28,32)(H,34,35)/t17?,18?,19-,23+/m0/s1. The van der Waals surface area contributed by atoms with Crippen LogP contribution >= 0.6 is 11.8 Å². The van der Waals surface area contributed by atoms with E-state index in [1.54, 1.807) is 62.4 Å². The molecule has 2 aliphatic heterocycles. The van der Waals surface area contributed by atoms with E-state index >= 15 is 0 Å². The first kappa shape index (κ1) is 26.0. The SMILES string of the molecule is CC(=O)N(Oc1cccc(C(=N)N)c1)C(C(=O)NC1C(=O)N2[C@@H]1SC(C)(C)[C@@H]2C(=O)O)c1ccccc1. The molecule has 2 fully saturated rings. The Balaban J connectivity index is 1.62. The highest BCUT2D eigenvalue weighted by molar-refractivity contribution is 8.01. The number of hydrogen-bond donors (Lipinski definition) is 4. The molecule has 0 aromatic heterocycles. The van der Waals surface area contributed by atoms with Gasteiger partial charge in [0.25, 0.3) is 11.8 Å². The Morgan fingerprint density at radius 1 is 1.19 bits per heavy atom. The highest BCUT2D eigenvalue weighted by atomic mass is 32.2. The summed E-state index contributed by atoms with van der Waals surface area (Å²) >= 11 is 1.30. The van der Waals surface area contributed by atoms with Gasteiger partial charge in [-0.1, -0.05) is 42.5 Å². The maximum Gasteiger partial charge on any atom is 0.327 e. The minimum absolute atomic E-state index is 0.180. The molecule has 2 saturated heterocycles. The van der Waals surface area contributed by atoms with Crippen LogP contribution in [-0.2, 0) is 19.2 Å². The molecule has 0 aliphatic carbocycles. The van der Waals surface area contributed by atoms with E-state index in [0.717, 1.165) is 5.06 Å². The van der Waals surface area contributed by atoms with Crippen molar-refractivity contribution in [1.29, 1.82) is 5.41 Å². The van der Waals surface area contributed by atoms with E-state index in [1.165, 1.54) is 29.7 Å². The van der Waals surface area contributed by atoms with E-state index in [2.05, 4.69) is 5.32 Å². The number of β-lactam (4-membered cyclic amide) rings is 1. The molecule has 4 atom stereocenters. The number of nitrogens with two attached hydrogens (primary N) is 1. The molecule has 2 aromatic rings. The van der Waals surface area contributed by atoms with Gasteiger partial charge in [-0.15, -0.1) is 11.8 Å². The fraction of sp³-hybridized carbons (Fsp3) is 0.320. The first-order valence-electron chi connectivity index (χ1n) is 11.4. The first-order valence-corrected chi connectivity index (χ1v) is 12.3. The molecule has 2 aliphatic rings. The number of thioether (sulfide) groups is 1. The summed E-state index contributed by atoms with van der Waals surface area (Å²) in [4.78, 5) is 58.2. The molecule has 5 N–H and O–H groups in total. The monoisotopic (exact) mass is 525 g/mol.